The average molecular weight is 677 g/mol. The molecular weight excluding hydrogens is 636 g/mol. The van der Waals surface area contributed by atoms with E-state index in [1.807, 2.05) is 12.1 Å². The Balaban J connectivity index is 1.25. The number of hydrogen-bond donors (Lipinski definition) is 1. The Kier molecular flexibility index (Phi) is 8.66. The number of carbonyl (C=O) groups is 3. The van der Waals surface area contributed by atoms with Crippen LogP contribution >= 0.6 is 11.6 Å². The monoisotopic (exact) mass is 676 g/mol. The number of furan rings is 1. The normalized spacial score (nSPS) is 24.8. The lowest BCUT2D eigenvalue weighted by Gasteiger charge is -2.44. The molecule has 0 radical (unpaired) electrons. The number of benzene rings is 2. The second-order valence-corrected chi connectivity index (χ2v) is 13.7. The van der Waals surface area contributed by atoms with Crippen LogP contribution in [0.4, 0.5) is 0 Å². The number of ether oxygens (including phenoxy) is 4. The number of ketones is 2. The summed E-state index contributed by atoms with van der Waals surface area (Å²) in [7, 11) is 4.46. The minimum Gasteiger partial charge on any atom is -0.497 e. The molecule has 4 atom stereocenters. The molecule has 4 aliphatic rings. The third kappa shape index (κ3) is 5.15. The number of nitrogens with one attached hydrogen (secondary N) is 1. The van der Waals surface area contributed by atoms with E-state index in [2.05, 4.69) is 10.2 Å². The molecule has 2 saturated heterocycles. The van der Waals surface area contributed by atoms with Gasteiger partial charge in [0.2, 0.25) is 23.1 Å². The molecule has 254 valence electrons. The van der Waals surface area contributed by atoms with E-state index in [1.165, 1.54) is 33.1 Å². The second kappa shape index (κ2) is 12.8. The van der Waals surface area contributed by atoms with Crippen LogP contribution in [-0.2, 0) is 17.6 Å². The molecule has 0 unspecified atom stereocenters. The third-order valence-corrected chi connectivity index (χ3v) is 11.1. The van der Waals surface area contributed by atoms with Gasteiger partial charge in [-0.2, -0.15) is 0 Å². The van der Waals surface area contributed by atoms with Crippen molar-refractivity contribution in [3.63, 3.8) is 0 Å². The molecule has 1 amide bonds. The molecule has 1 N–H and O–H groups in total. The lowest BCUT2D eigenvalue weighted by Crippen LogP contribution is -2.56. The Morgan fingerprint density at radius 3 is 2.44 bits per heavy atom. The van der Waals surface area contributed by atoms with Crippen LogP contribution < -0.4 is 24.3 Å². The molecule has 11 heteroatoms. The van der Waals surface area contributed by atoms with E-state index in [1.54, 1.807) is 26.2 Å². The van der Waals surface area contributed by atoms with Crippen molar-refractivity contribution in [2.24, 2.45) is 11.8 Å². The highest BCUT2D eigenvalue weighted by molar-refractivity contribution is 6.36. The maximum absolute atomic E-state index is 14.8. The van der Waals surface area contributed by atoms with Crippen molar-refractivity contribution in [2.45, 2.75) is 63.5 Å². The highest BCUT2D eigenvalue weighted by Gasteiger charge is 2.63. The lowest BCUT2D eigenvalue weighted by atomic mass is 9.70. The first-order chi connectivity index (χ1) is 23.2. The second-order valence-electron chi connectivity index (χ2n) is 13.3. The highest BCUT2D eigenvalue weighted by atomic mass is 35.5. The minimum absolute atomic E-state index is 0.0453. The number of amides is 1. The Labute approximate surface area is 285 Å². The largest absolute Gasteiger partial charge is 0.497 e. The van der Waals surface area contributed by atoms with E-state index >= 15 is 0 Å². The van der Waals surface area contributed by atoms with Gasteiger partial charge in [-0.15, -0.1) is 0 Å². The van der Waals surface area contributed by atoms with Gasteiger partial charge in [0.25, 0.3) is 0 Å². The molecular formula is C37H41ClN2O8. The molecule has 0 bridgehead atoms. The summed E-state index contributed by atoms with van der Waals surface area (Å²) >= 11 is 6.64. The van der Waals surface area contributed by atoms with Gasteiger partial charge in [0.05, 0.1) is 33.3 Å². The SMILES string of the molecule is COc1ccc(-c2oc3c(c2CC(=O)NC[C@@H]2CCCN4CCCC[C@H]24)C(=O)[C@@]2(Oc4c(Cl)c(OC)cc(OC)c4C2=O)[C@H](C)C3)cc1. The van der Waals surface area contributed by atoms with Crippen molar-refractivity contribution in [2.75, 3.05) is 41.0 Å². The van der Waals surface area contributed by atoms with E-state index in [4.69, 9.17) is 35.0 Å². The van der Waals surface area contributed by atoms with E-state index in [-0.39, 0.29) is 52.1 Å². The Hall–Kier alpha value is -4.02. The summed E-state index contributed by atoms with van der Waals surface area (Å²) in [6.07, 6.45) is 5.93. The summed E-state index contributed by atoms with van der Waals surface area (Å²) in [4.78, 5) is 45.5. The van der Waals surface area contributed by atoms with Gasteiger partial charge in [-0.05, 0) is 69.0 Å². The van der Waals surface area contributed by atoms with E-state index in [0.717, 1.165) is 32.4 Å². The maximum Gasteiger partial charge on any atom is 0.237 e. The standard InChI is InChI=1S/C37H41ClN2O8/c1-20-16-27-30(35(42)37(20)36(43)31-26(45-3)18-28(46-4)32(38)34(31)48-37)24(33(47-27)21-10-12-23(44-2)13-11-21)17-29(41)39-19-22-8-7-15-40-14-6-5-9-25(22)40/h10-13,18,20,22,25H,5-9,14-17,19H2,1-4H3,(H,39,41)/t20-,22+,25-,37+/m1/s1. The summed E-state index contributed by atoms with van der Waals surface area (Å²) in [6, 6.07) is 9.26. The molecule has 3 aliphatic heterocycles. The summed E-state index contributed by atoms with van der Waals surface area (Å²) in [6.45, 7) is 4.60. The van der Waals surface area contributed by atoms with Gasteiger partial charge in [0.15, 0.2) is 5.75 Å². The van der Waals surface area contributed by atoms with Gasteiger partial charge >= 0.3 is 0 Å². The maximum atomic E-state index is 14.8. The van der Waals surface area contributed by atoms with Gasteiger partial charge in [0, 0.05) is 42.1 Å². The first-order valence-corrected chi connectivity index (χ1v) is 17.1. The predicted octanol–water partition coefficient (Wildman–Crippen LogP) is 5.94. The van der Waals surface area contributed by atoms with Crippen LogP contribution in [0, 0.1) is 11.8 Å². The average Bonchev–Trinajstić information content (AvgIpc) is 3.62. The molecule has 2 aromatic carbocycles. The van der Waals surface area contributed by atoms with Gasteiger partial charge in [-0.3, -0.25) is 14.4 Å². The lowest BCUT2D eigenvalue weighted by molar-refractivity contribution is -0.120. The first kappa shape index (κ1) is 32.5. The topological polar surface area (TPSA) is 117 Å². The zero-order valence-corrected chi connectivity index (χ0v) is 28.5. The summed E-state index contributed by atoms with van der Waals surface area (Å²) in [5.41, 5.74) is -0.515. The molecule has 3 aromatic rings. The van der Waals surface area contributed by atoms with E-state index in [0.29, 0.717) is 46.9 Å². The molecule has 0 saturated carbocycles. The van der Waals surface area contributed by atoms with Gasteiger partial charge in [-0.25, -0.2) is 0 Å². The molecule has 1 aromatic heterocycles. The first-order valence-electron chi connectivity index (χ1n) is 16.7. The fourth-order valence-corrected chi connectivity index (χ4v) is 8.52. The van der Waals surface area contributed by atoms with Crippen LogP contribution in [-0.4, -0.2) is 75.0 Å². The molecule has 1 aliphatic carbocycles. The number of rotatable bonds is 8. The molecule has 4 heterocycles. The van der Waals surface area contributed by atoms with Crippen molar-refractivity contribution in [3.05, 3.63) is 57.8 Å². The Morgan fingerprint density at radius 1 is 0.979 bits per heavy atom. The van der Waals surface area contributed by atoms with Crippen LogP contribution in [0.25, 0.3) is 11.3 Å². The molecule has 1 spiro atoms. The molecule has 2 fully saturated rings. The fourth-order valence-electron chi connectivity index (χ4n) is 8.26. The number of hydrogen-bond acceptors (Lipinski definition) is 9. The molecule has 10 nitrogen and oxygen atoms in total. The number of nitrogens with zero attached hydrogens (tertiary/aromatic N) is 1. The van der Waals surface area contributed by atoms with Gasteiger partial charge in [0.1, 0.15) is 39.4 Å². The quantitative estimate of drug-likeness (QED) is 0.290. The van der Waals surface area contributed by atoms with Crippen molar-refractivity contribution in [3.8, 4) is 34.3 Å². The van der Waals surface area contributed by atoms with Crippen molar-refractivity contribution in [1.82, 2.24) is 10.2 Å². The summed E-state index contributed by atoms with van der Waals surface area (Å²) in [5, 5.41) is 3.26. The van der Waals surface area contributed by atoms with Crippen molar-refractivity contribution < 1.29 is 37.7 Å². The highest BCUT2D eigenvalue weighted by Crippen LogP contribution is 2.54. The number of halogens is 1. The predicted molar refractivity (Wildman–Crippen MR) is 179 cm³/mol. The third-order valence-electron chi connectivity index (χ3n) is 10.7. The number of piperidine rings is 2. The number of Topliss-reactive ketones (excluding diaryl/α,β-unsaturated/α-hetero) is 2. The van der Waals surface area contributed by atoms with E-state index < -0.39 is 23.1 Å². The summed E-state index contributed by atoms with van der Waals surface area (Å²) < 4.78 is 29.1. The van der Waals surface area contributed by atoms with Gasteiger partial charge in [-0.1, -0.05) is 24.9 Å². The smallest absolute Gasteiger partial charge is 0.237 e. The minimum atomic E-state index is -1.92. The van der Waals surface area contributed by atoms with Gasteiger partial charge < -0.3 is 33.6 Å². The van der Waals surface area contributed by atoms with Crippen LogP contribution in [0.1, 0.15) is 71.1 Å². The zero-order valence-electron chi connectivity index (χ0n) is 27.8. The van der Waals surface area contributed by atoms with Crippen LogP contribution in [0.15, 0.2) is 34.7 Å². The summed E-state index contributed by atoms with van der Waals surface area (Å²) in [5.74, 6) is 0.428. The zero-order chi connectivity index (χ0) is 33.7. The number of methoxy groups -OCH3 is 3. The Morgan fingerprint density at radius 2 is 1.71 bits per heavy atom. The van der Waals surface area contributed by atoms with Crippen LogP contribution in [0.2, 0.25) is 5.02 Å². The van der Waals surface area contributed by atoms with Crippen LogP contribution in [0.3, 0.4) is 0 Å². The number of fused-ring (bicyclic) bond motifs is 3. The molecule has 7 rings (SSSR count). The fraction of sp³-hybridized carbons (Fsp3) is 0.486. The Bertz CT molecular complexity index is 1770. The molecule has 48 heavy (non-hydrogen) atoms. The van der Waals surface area contributed by atoms with Crippen molar-refractivity contribution >= 4 is 29.1 Å². The van der Waals surface area contributed by atoms with Crippen LogP contribution in [0.5, 0.6) is 23.0 Å². The van der Waals surface area contributed by atoms with E-state index in [9.17, 15) is 14.4 Å². The van der Waals surface area contributed by atoms with Crippen molar-refractivity contribution in [1.29, 1.82) is 0 Å². The number of carbonyl (C=O) groups excluding carboxylic acids is 3.